The summed E-state index contributed by atoms with van der Waals surface area (Å²) >= 11 is 0. The first-order chi connectivity index (χ1) is 5.75. The first-order valence-corrected chi connectivity index (χ1v) is 4.74. The maximum Gasteiger partial charge on any atom is 0.223 e. The van der Waals surface area contributed by atoms with Crippen LogP contribution < -0.4 is 5.32 Å². The summed E-state index contributed by atoms with van der Waals surface area (Å²) in [6, 6.07) is 0. The molecule has 3 nitrogen and oxygen atoms in total. The van der Waals surface area contributed by atoms with Crippen molar-refractivity contribution in [2.24, 2.45) is 0 Å². The first kappa shape index (κ1) is 9.52. The molecule has 1 unspecified atom stereocenters. The van der Waals surface area contributed by atoms with Crippen molar-refractivity contribution in [3.63, 3.8) is 0 Å². The van der Waals surface area contributed by atoms with E-state index in [1.807, 2.05) is 18.9 Å². The average Bonchev–Trinajstić information content (AvgIpc) is 2.17. The third-order valence-corrected chi connectivity index (χ3v) is 2.45. The van der Waals surface area contributed by atoms with Gasteiger partial charge in [-0.3, -0.25) is 10.1 Å². The Morgan fingerprint density at radius 2 is 2.33 bits per heavy atom. The van der Waals surface area contributed by atoms with Gasteiger partial charge in [0.1, 0.15) is 0 Å². The van der Waals surface area contributed by atoms with E-state index in [1.165, 1.54) is 12.8 Å². The van der Waals surface area contributed by atoms with Crippen LogP contribution in [-0.2, 0) is 4.79 Å². The summed E-state index contributed by atoms with van der Waals surface area (Å²) in [6.45, 7) is 2.95. The van der Waals surface area contributed by atoms with E-state index in [1.54, 1.807) is 0 Å². The molecule has 1 rings (SSSR count). The molecular formula is C9H18N2O. The van der Waals surface area contributed by atoms with Gasteiger partial charge in [0.15, 0.2) is 0 Å². The molecule has 1 amide bonds. The van der Waals surface area contributed by atoms with Crippen LogP contribution >= 0.6 is 0 Å². The first-order valence-electron chi connectivity index (χ1n) is 4.74. The summed E-state index contributed by atoms with van der Waals surface area (Å²) in [6.07, 6.45) is 4.46. The monoisotopic (exact) mass is 170 g/mol. The third kappa shape index (κ3) is 2.21. The normalized spacial score (nSPS) is 23.7. The molecule has 1 aliphatic rings. The molecule has 1 atom stereocenters. The Morgan fingerprint density at radius 3 is 2.83 bits per heavy atom. The molecule has 0 saturated carbocycles. The minimum atomic E-state index is 0.231. The van der Waals surface area contributed by atoms with Crippen LogP contribution in [0.15, 0.2) is 0 Å². The summed E-state index contributed by atoms with van der Waals surface area (Å²) in [5, 5.41) is 3.34. The molecule has 0 aromatic heterocycles. The molecule has 0 aromatic rings. The van der Waals surface area contributed by atoms with Gasteiger partial charge in [-0.1, -0.05) is 6.92 Å². The lowest BCUT2D eigenvalue weighted by Gasteiger charge is -2.32. The van der Waals surface area contributed by atoms with Crippen molar-refractivity contribution in [2.75, 3.05) is 13.6 Å². The second-order valence-corrected chi connectivity index (χ2v) is 3.32. The fourth-order valence-corrected chi connectivity index (χ4v) is 1.59. The number of carbonyl (C=O) groups is 1. The van der Waals surface area contributed by atoms with Crippen molar-refractivity contribution in [1.82, 2.24) is 10.2 Å². The molecule has 0 radical (unpaired) electrons. The van der Waals surface area contributed by atoms with Gasteiger partial charge in [-0.05, 0) is 25.8 Å². The molecule has 0 aromatic carbocycles. The predicted octanol–water partition coefficient (Wildman–Crippen LogP) is 0.954. The number of piperidine rings is 1. The molecule has 12 heavy (non-hydrogen) atoms. The SMILES string of the molecule is CCC(=O)N(C)C1CCCCN1. The number of nitrogens with zero attached hydrogens (tertiary/aromatic N) is 1. The molecule has 0 aliphatic carbocycles. The Morgan fingerprint density at radius 1 is 1.58 bits per heavy atom. The second-order valence-electron chi connectivity index (χ2n) is 3.32. The Bertz CT molecular complexity index is 153. The summed E-state index contributed by atoms with van der Waals surface area (Å²) in [7, 11) is 1.88. The fraction of sp³-hybridized carbons (Fsp3) is 0.889. The highest BCUT2D eigenvalue weighted by atomic mass is 16.2. The lowest BCUT2D eigenvalue weighted by Crippen LogP contribution is -2.48. The summed E-state index contributed by atoms with van der Waals surface area (Å²) in [5.41, 5.74) is 0. The van der Waals surface area contributed by atoms with Crippen LogP contribution in [0.3, 0.4) is 0 Å². The van der Waals surface area contributed by atoms with Gasteiger partial charge in [0.2, 0.25) is 5.91 Å². The van der Waals surface area contributed by atoms with Crippen LogP contribution in [0.5, 0.6) is 0 Å². The number of rotatable bonds is 2. The Hall–Kier alpha value is -0.570. The van der Waals surface area contributed by atoms with Crippen molar-refractivity contribution in [3.05, 3.63) is 0 Å². The third-order valence-electron chi connectivity index (χ3n) is 2.45. The van der Waals surface area contributed by atoms with E-state index in [0.717, 1.165) is 13.0 Å². The predicted molar refractivity (Wildman–Crippen MR) is 48.7 cm³/mol. The van der Waals surface area contributed by atoms with Gasteiger partial charge in [0.05, 0.1) is 6.17 Å². The molecule has 1 aliphatic heterocycles. The number of hydrogen-bond donors (Lipinski definition) is 1. The quantitative estimate of drug-likeness (QED) is 0.669. The maximum atomic E-state index is 11.3. The topological polar surface area (TPSA) is 32.3 Å². The molecule has 0 bridgehead atoms. The zero-order valence-electron chi connectivity index (χ0n) is 7.97. The molecule has 1 N–H and O–H groups in total. The lowest BCUT2D eigenvalue weighted by molar-refractivity contribution is -0.132. The number of amides is 1. The largest absolute Gasteiger partial charge is 0.330 e. The van der Waals surface area contributed by atoms with E-state index >= 15 is 0 Å². The van der Waals surface area contributed by atoms with E-state index < -0.39 is 0 Å². The van der Waals surface area contributed by atoms with E-state index in [-0.39, 0.29) is 12.1 Å². The molecule has 70 valence electrons. The van der Waals surface area contributed by atoms with Gasteiger partial charge in [0.25, 0.3) is 0 Å². The van der Waals surface area contributed by atoms with Crippen LogP contribution in [0.25, 0.3) is 0 Å². The molecular weight excluding hydrogens is 152 g/mol. The number of hydrogen-bond acceptors (Lipinski definition) is 2. The Labute approximate surface area is 74.1 Å². The van der Waals surface area contributed by atoms with Gasteiger partial charge in [-0.25, -0.2) is 0 Å². The summed E-state index contributed by atoms with van der Waals surface area (Å²) in [5.74, 6) is 0.231. The van der Waals surface area contributed by atoms with E-state index in [4.69, 9.17) is 0 Å². The zero-order valence-corrected chi connectivity index (χ0v) is 7.97. The van der Waals surface area contributed by atoms with Crippen LogP contribution in [0.4, 0.5) is 0 Å². The summed E-state index contributed by atoms with van der Waals surface area (Å²) in [4.78, 5) is 13.1. The van der Waals surface area contributed by atoms with Gasteiger partial charge in [0, 0.05) is 13.5 Å². The van der Waals surface area contributed by atoms with Crippen molar-refractivity contribution in [2.45, 2.75) is 38.8 Å². The minimum Gasteiger partial charge on any atom is -0.330 e. The van der Waals surface area contributed by atoms with Crippen LogP contribution in [-0.4, -0.2) is 30.6 Å². The van der Waals surface area contributed by atoms with Gasteiger partial charge in [-0.15, -0.1) is 0 Å². The smallest absolute Gasteiger partial charge is 0.223 e. The molecule has 3 heteroatoms. The van der Waals surface area contributed by atoms with E-state index in [0.29, 0.717) is 6.42 Å². The van der Waals surface area contributed by atoms with E-state index in [2.05, 4.69) is 5.32 Å². The number of nitrogens with one attached hydrogen (secondary N) is 1. The maximum absolute atomic E-state index is 11.3. The lowest BCUT2D eigenvalue weighted by atomic mass is 10.1. The molecule has 1 saturated heterocycles. The van der Waals surface area contributed by atoms with Crippen LogP contribution in [0.1, 0.15) is 32.6 Å². The number of carbonyl (C=O) groups excluding carboxylic acids is 1. The Kier molecular flexibility index (Phi) is 3.53. The van der Waals surface area contributed by atoms with E-state index in [9.17, 15) is 4.79 Å². The zero-order chi connectivity index (χ0) is 8.97. The van der Waals surface area contributed by atoms with Crippen LogP contribution in [0.2, 0.25) is 0 Å². The van der Waals surface area contributed by atoms with Gasteiger partial charge in [-0.2, -0.15) is 0 Å². The van der Waals surface area contributed by atoms with Crippen molar-refractivity contribution in [3.8, 4) is 0 Å². The average molecular weight is 170 g/mol. The molecule has 1 heterocycles. The highest BCUT2D eigenvalue weighted by Gasteiger charge is 2.19. The van der Waals surface area contributed by atoms with Crippen molar-refractivity contribution in [1.29, 1.82) is 0 Å². The summed E-state index contributed by atoms with van der Waals surface area (Å²) < 4.78 is 0. The fourth-order valence-electron chi connectivity index (χ4n) is 1.59. The highest BCUT2D eigenvalue weighted by molar-refractivity contribution is 5.75. The van der Waals surface area contributed by atoms with Crippen molar-refractivity contribution >= 4 is 5.91 Å². The van der Waals surface area contributed by atoms with Crippen LogP contribution in [0, 0.1) is 0 Å². The second kappa shape index (κ2) is 4.45. The minimum absolute atomic E-state index is 0.231. The highest BCUT2D eigenvalue weighted by Crippen LogP contribution is 2.10. The van der Waals surface area contributed by atoms with Gasteiger partial charge < -0.3 is 4.90 Å². The molecule has 0 spiro atoms. The van der Waals surface area contributed by atoms with Crippen molar-refractivity contribution < 1.29 is 4.79 Å². The standard InChI is InChI=1S/C9H18N2O/c1-3-9(12)11(2)8-6-4-5-7-10-8/h8,10H,3-7H2,1-2H3. The van der Waals surface area contributed by atoms with Gasteiger partial charge >= 0.3 is 0 Å². The molecule has 1 fully saturated rings. The Balaban J connectivity index is 2.39.